The Morgan fingerprint density at radius 1 is 1.29 bits per heavy atom. The highest BCUT2D eigenvalue weighted by atomic mass is 16.6. The Bertz CT molecular complexity index is 348. The molecule has 2 rings (SSSR count). The lowest BCUT2D eigenvalue weighted by atomic mass is 9.99. The normalized spacial score (nSPS) is 24.6. The molecule has 2 aliphatic heterocycles. The summed E-state index contributed by atoms with van der Waals surface area (Å²) in [6.07, 6.45) is 3.18. The van der Waals surface area contributed by atoms with Crippen LogP contribution in [0.25, 0.3) is 0 Å². The van der Waals surface area contributed by atoms with Crippen molar-refractivity contribution in [3.63, 3.8) is 0 Å². The minimum Gasteiger partial charge on any atom is -0.444 e. The Morgan fingerprint density at radius 3 is 2.57 bits per heavy atom. The number of carbonyl (C=O) groups excluding carboxylic acids is 1. The second-order valence-corrected chi connectivity index (χ2v) is 7.36. The van der Waals surface area contributed by atoms with E-state index in [4.69, 9.17) is 9.47 Å². The monoisotopic (exact) mass is 298 g/mol. The molecule has 2 heterocycles. The summed E-state index contributed by atoms with van der Waals surface area (Å²) in [5.74, 6) is 0.735. The number of carbonyl (C=O) groups is 1. The lowest BCUT2D eigenvalue weighted by Gasteiger charge is -2.31. The average molecular weight is 298 g/mol. The van der Waals surface area contributed by atoms with E-state index in [2.05, 4.69) is 11.9 Å². The summed E-state index contributed by atoms with van der Waals surface area (Å²) in [4.78, 5) is 16.3. The third kappa shape index (κ3) is 5.15. The maximum Gasteiger partial charge on any atom is 0.410 e. The second-order valence-electron chi connectivity index (χ2n) is 7.36. The first-order valence-corrected chi connectivity index (χ1v) is 8.11. The van der Waals surface area contributed by atoms with E-state index in [0.717, 1.165) is 58.0 Å². The Kier molecular flexibility index (Phi) is 5.49. The molecule has 2 saturated heterocycles. The van der Waals surface area contributed by atoms with E-state index in [-0.39, 0.29) is 6.09 Å². The molecule has 0 aliphatic carbocycles. The maximum atomic E-state index is 12.1. The van der Waals surface area contributed by atoms with Crippen LogP contribution in [0.2, 0.25) is 0 Å². The summed E-state index contributed by atoms with van der Waals surface area (Å²) in [6, 6.07) is 0.459. The number of hydrogen-bond donors (Lipinski definition) is 0. The number of amides is 1. The number of rotatable bonds is 3. The van der Waals surface area contributed by atoms with Crippen molar-refractivity contribution < 1.29 is 14.3 Å². The zero-order chi connectivity index (χ0) is 15.5. The number of likely N-dealkylation sites (tertiary alicyclic amines) is 1. The van der Waals surface area contributed by atoms with Gasteiger partial charge in [0.05, 0.1) is 0 Å². The van der Waals surface area contributed by atoms with Gasteiger partial charge in [-0.25, -0.2) is 4.79 Å². The van der Waals surface area contributed by atoms with Crippen molar-refractivity contribution in [3.8, 4) is 0 Å². The van der Waals surface area contributed by atoms with Crippen LogP contribution in [0.1, 0.15) is 40.0 Å². The maximum absolute atomic E-state index is 12.1. The Labute approximate surface area is 128 Å². The SMILES string of the molecule is CN(CC1CCOCC1)C1CCN(C(=O)OC(C)(C)C)C1. The lowest BCUT2D eigenvalue weighted by molar-refractivity contribution is 0.0273. The van der Waals surface area contributed by atoms with Crippen molar-refractivity contribution in [2.75, 3.05) is 39.9 Å². The molecule has 1 amide bonds. The summed E-state index contributed by atoms with van der Waals surface area (Å²) in [5, 5.41) is 0. The van der Waals surface area contributed by atoms with Crippen molar-refractivity contribution in [1.82, 2.24) is 9.80 Å². The fourth-order valence-electron chi connectivity index (χ4n) is 3.08. The fraction of sp³-hybridized carbons (Fsp3) is 0.938. The molecule has 0 aromatic heterocycles. The molecule has 0 N–H and O–H groups in total. The standard InChI is InChI=1S/C16H30N2O3/c1-16(2,3)21-15(19)18-8-5-14(12-18)17(4)11-13-6-9-20-10-7-13/h13-14H,5-12H2,1-4H3. The van der Waals surface area contributed by atoms with Gasteiger partial charge in [0, 0.05) is 38.9 Å². The van der Waals surface area contributed by atoms with Crippen molar-refractivity contribution in [2.24, 2.45) is 5.92 Å². The second kappa shape index (κ2) is 6.97. The molecule has 0 aromatic carbocycles. The fourth-order valence-corrected chi connectivity index (χ4v) is 3.08. The molecule has 1 atom stereocenters. The minimum atomic E-state index is -0.414. The van der Waals surface area contributed by atoms with Crippen molar-refractivity contribution >= 4 is 6.09 Å². The van der Waals surface area contributed by atoms with Crippen LogP contribution >= 0.6 is 0 Å². The molecular formula is C16H30N2O3. The van der Waals surface area contributed by atoms with Crippen LogP contribution in [-0.2, 0) is 9.47 Å². The van der Waals surface area contributed by atoms with Crippen LogP contribution in [0.4, 0.5) is 4.79 Å². The molecule has 0 radical (unpaired) electrons. The van der Waals surface area contributed by atoms with Crippen LogP contribution in [-0.4, -0.2) is 67.4 Å². The quantitative estimate of drug-likeness (QED) is 0.802. The summed E-state index contributed by atoms with van der Waals surface area (Å²) >= 11 is 0. The highest BCUT2D eigenvalue weighted by Gasteiger charge is 2.32. The molecule has 5 nitrogen and oxygen atoms in total. The average Bonchev–Trinajstić information content (AvgIpc) is 2.87. The van der Waals surface area contributed by atoms with Gasteiger partial charge in [0.2, 0.25) is 0 Å². The largest absolute Gasteiger partial charge is 0.444 e. The van der Waals surface area contributed by atoms with Gasteiger partial charge in [-0.2, -0.15) is 0 Å². The zero-order valence-electron chi connectivity index (χ0n) is 13.9. The molecule has 2 aliphatic rings. The number of likely N-dealkylation sites (N-methyl/N-ethyl adjacent to an activating group) is 1. The van der Waals surface area contributed by atoms with E-state index < -0.39 is 5.60 Å². The molecule has 5 heteroatoms. The van der Waals surface area contributed by atoms with Gasteiger partial charge < -0.3 is 19.3 Å². The highest BCUT2D eigenvalue weighted by molar-refractivity contribution is 5.68. The van der Waals surface area contributed by atoms with Crippen LogP contribution in [0.5, 0.6) is 0 Å². The van der Waals surface area contributed by atoms with Crippen LogP contribution in [0, 0.1) is 5.92 Å². The van der Waals surface area contributed by atoms with E-state index in [1.165, 1.54) is 0 Å². The van der Waals surface area contributed by atoms with E-state index in [1.807, 2.05) is 25.7 Å². The van der Waals surface area contributed by atoms with Gasteiger partial charge in [0.25, 0.3) is 0 Å². The van der Waals surface area contributed by atoms with Crippen LogP contribution in [0.3, 0.4) is 0 Å². The summed E-state index contributed by atoms with van der Waals surface area (Å²) in [5.41, 5.74) is -0.414. The number of nitrogens with zero attached hydrogens (tertiary/aromatic N) is 2. The van der Waals surface area contributed by atoms with Gasteiger partial charge >= 0.3 is 6.09 Å². The van der Waals surface area contributed by atoms with E-state index in [0.29, 0.717) is 6.04 Å². The van der Waals surface area contributed by atoms with E-state index in [9.17, 15) is 4.79 Å². The van der Waals surface area contributed by atoms with Gasteiger partial charge in [0.1, 0.15) is 5.60 Å². The predicted molar refractivity (Wildman–Crippen MR) is 82.4 cm³/mol. The van der Waals surface area contributed by atoms with Crippen molar-refractivity contribution in [2.45, 2.75) is 51.7 Å². The lowest BCUT2D eigenvalue weighted by Crippen LogP contribution is -2.41. The third-order valence-electron chi connectivity index (χ3n) is 4.33. The number of ether oxygens (including phenoxy) is 2. The molecule has 2 fully saturated rings. The summed E-state index contributed by atoms with van der Waals surface area (Å²) < 4.78 is 10.9. The molecule has 21 heavy (non-hydrogen) atoms. The van der Waals surface area contributed by atoms with E-state index >= 15 is 0 Å². The van der Waals surface area contributed by atoms with Gasteiger partial charge in [-0.1, -0.05) is 0 Å². The summed E-state index contributed by atoms with van der Waals surface area (Å²) in [6.45, 7) is 10.2. The first-order valence-electron chi connectivity index (χ1n) is 8.11. The van der Waals surface area contributed by atoms with Gasteiger partial charge in [-0.15, -0.1) is 0 Å². The first kappa shape index (κ1) is 16.6. The molecular weight excluding hydrogens is 268 g/mol. The molecule has 1 unspecified atom stereocenters. The minimum absolute atomic E-state index is 0.176. The molecule has 122 valence electrons. The Balaban J connectivity index is 1.77. The zero-order valence-corrected chi connectivity index (χ0v) is 13.9. The highest BCUT2D eigenvalue weighted by Crippen LogP contribution is 2.21. The molecule has 0 spiro atoms. The van der Waals surface area contributed by atoms with Crippen molar-refractivity contribution in [1.29, 1.82) is 0 Å². The topological polar surface area (TPSA) is 42.0 Å². The summed E-state index contributed by atoms with van der Waals surface area (Å²) in [7, 11) is 2.18. The van der Waals surface area contributed by atoms with Gasteiger partial charge in [-0.05, 0) is 53.0 Å². The molecule has 0 bridgehead atoms. The molecule has 0 saturated carbocycles. The number of hydrogen-bond acceptors (Lipinski definition) is 4. The van der Waals surface area contributed by atoms with Crippen LogP contribution in [0.15, 0.2) is 0 Å². The Morgan fingerprint density at radius 2 is 1.95 bits per heavy atom. The van der Waals surface area contributed by atoms with Gasteiger partial charge in [-0.3, -0.25) is 0 Å². The van der Waals surface area contributed by atoms with Crippen molar-refractivity contribution in [3.05, 3.63) is 0 Å². The third-order valence-corrected chi connectivity index (χ3v) is 4.33. The van der Waals surface area contributed by atoms with Crippen LogP contribution < -0.4 is 0 Å². The van der Waals surface area contributed by atoms with Gasteiger partial charge in [0.15, 0.2) is 0 Å². The predicted octanol–water partition coefficient (Wildman–Crippen LogP) is 2.35. The molecule has 0 aromatic rings. The Hall–Kier alpha value is -0.810. The van der Waals surface area contributed by atoms with E-state index in [1.54, 1.807) is 0 Å². The smallest absolute Gasteiger partial charge is 0.410 e. The first-order chi connectivity index (χ1) is 9.85.